The van der Waals surface area contributed by atoms with E-state index in [-0.39, 0.29) is 5.56 Å². The first-order valence-electron chi connectivity index (χ1n) is 3.06. The molecule has 3 heteroatoms. The molecule has 0 unspecified atom stereocenters. The van der Waals surface area contributed by atoms with E-state index in [2.05, 4.69) is 32.8 Å². The smallest absolute Gasteiger partial charge is 0.249 e. The lowest BCUT2D eigenvalue weighted by atomic mass is 10.3. The van der Waals surface area contributed by atoms with Crippen LogP contribution in [0.1, 0.15) is 5.56 Å². The third kappa shape index (κ3) is 2.60. The van der Waals surface area contributed by atoms with Gasteiger partial charge in [0.25, 0.3) is 0 Å². The Labute approximate surface area is 72.8 Å². The maximum absolute atomic E-state index is 10.7. The van der Waals surface area contributed by atoms with Crippen LogP contribution < -0.4 is 5.56 Å². The van der Waals surface area contributed by atoms with Gasteiger partial charge in [0.2, 0.25) is 5.56 Å². The largest absolute Gasteiger partial charge is 0.329 e. The molecule has 1 aromatic heterocycles. The molecule has 0 amide bonds. The highest BCUT2D eigenvalue weighted by Gasteiger charge is 1.84. The molecule has 0 bridgehead atoms. The van der Waals surface area contributed by atoms with Gasteiger partial charge in [0, 0.05) is 17.8 Å². The number of hydrogen-bond donors (Lipinski definition) is 1. The maximum Gasteiger partial charge on any atom is 0.249 e. The number of H-pyrrole nitrogens is 1. The van der Waals surface area contributed by atoms with Crippen molar-refractivity contribution >= 4 is 15.9 Å². The molecule has 0 spiro atoms. The number of halogens is 1. The number of nitrogens with one attached hydrogen (secondary N) is 1. The van der Waals surface area contributed by atoms with Gasteiger partial charge >= 0.3 is 0 Å². The van der Waals surface area contributed by atoms with Crippen molar-refractivity contribution in [2.75, 3.05) is 5.33 Å². The van der Waals surface area contributed by atoms with E-state index in [1.54, 1.807) is 12.3 Å². The van der Waals surface area contributed by atoms with Gasteiger partial charge in [0.15, 0.2) is 0 Å². The fourth-order valence-corrected chi connectivity index (χ4v) is 0.798. The fourth-order valence-electron chi connectivity index (χ4n) is 0.658. The maximum atomic E-state index is 10.7. The molecule has 0 aliphatic heterocycles. The van der Waals surface area contributed by atoms with Crippen LogP contribution in [0.2, 0.25) is 0 Å². The van der Waals surface area contributed by atoms with Gasteiger partial charge in [-0.15, -0.1) is 0 Å². The van der Waals surface area contributed by atoms with Crippen LogP contribution in [-0.2, 0) is 0 Å². The summed E-state index contributed by atoms with van der Waals surface area (Å²) in [6.45, 7) is 0. The van der Waals surface area contributed by atoms with Crippen molar-refractivity contribution in [2.24, 2.45) is 0 Å². The molecule has 0 radical (unpaired) electrons. The molecule has 1 aromatic rings. The average molecular weight is 212 g/mol. The summed E-state index contributed by atoms with van der Waals surface area (Å²) in [5.41, 5.74) is 0.625. The summed E-state index contributed by atoms with van der Waals surface area (Å²) in [6, 6.07) is 3.23. The third-order valence-corrected chi connectivity index (χ3v) is 1.35. The number of pyridine rings is 1. The van der Waals surface area contributed by atoms with E-state index in [1.165, 1.54) is 6.07 Å². The highest BCUT2D eigenvalue weighted by atomic mass is 79.9. The lowest BCUT2D eigenvalue weighted by Crippen LogP contribution is -2.02. The predicted octanol–water partition coefficient (Wildman–Crippen LogP) is 1.12. The quantitative estimate of drug-likeness (QED) is 0.507. The molecule has 0 aliphatic rings. The minimum Gasteiger partial charge on any atom is -0.329 e. The van der Waals surface area contributed by atoms with Crippen LogP contribution in [-0.4, -0.2) is 10.3 Å². The number of hydrogen-bond acceptors (Lipinski definition) is 1. The molecule has 1 heterocycles. The van der Waals surface area contributed by atoms with Crippen molar-refractivity contribution < 1.29 is 0 Å². The van der Waals surface area contributed by atoms with Gasteiger partial charge in [-0.05, 0) is 6.07 Å². The van der Waals surface area contributed by atoms with Gasteiger partial charge in [0.05, 0.1) is 5.33 Å². The predicted molar refractivity (Wildman–Crippen MR) is 47.7 cm³/mol. The molecule has 56 valence electrons. The third-order valence-electron chi connectivity index (χ3n) is 1.07. The standard InChI is InChI=1S/C8H6BrNO/c9-4-1-2-7-3-5-10-8(11)6-7/h3,5-6H,4H2,(H,10,11). The van der Waals surface area contributed by atoms with Gasteiger partial charge < -0.3 is 4.98 Å². The van der Waals surface area contributed by atoms with Crippen molar-refractivity contribution in [1.29, 1.82) is 0 Å². The molecule has 1 rings (SSSR count). The van der Waals surface area contributed by atoms with Crippen molar-refractivity contribution in [3.63, 3.8) is 0 Å². The van der Waals surface area contributed by atoms with E-state index in [1.807, 2.05) is 0 Å². The Morgan fingerprint density at radius 1 is 1.64 bits per heavy atom. The minimum atomic E-state index is -0.119. The van der Waals surface area contributed by atoms with Crippen LogP contribution in [0.3, 0.4) is 0 Å². The van der Waals surface area contributed by atoms with Gasteiger partial charge in [-0.2, -0.15) is 0 Å². The second kappa shape index (κ2) is 3.99. The Morgan fingerprint density at radius 2 is 2.45 bits per heavy atom. The van der Waals surface area contributed by atoms with Crippen molar-refractivity contribution in [3.05, 3.63) is 34.2 Å². The summed E-state index contributed by atoms with van der Waals surface area (Å²) in [7, 11) is 0. The molecule has 2 nitrogen and oxygen atoms in total. The molecule has 0 aliphatic carbocycles. The minimum absolute atomic E-state index is 0.119. The second-order valence-electron chi connectivity index (χ2n) is 1.88. The Hall–Kier alpha value is -1.01. The zero-order valence-corrected chi connectivity index (χ0v) is 7.31. The van der Waals surface area contributed by atoms with E-state index in [0.29, 0.717) is 5.33 Å². The summed E-state index contributed by atoms with van der Waals surface area (Å²) < 4.78 is 0. The molecular formula is C8H6BrNO. The average Bonchev–Trinajstić information content (AvgIpc) is 2.01. The van der Waals surface area contributed by atoms with Crippen LogP contribution in [0.25, 0.3) is 0 Å². The first kappa shape index (κ1) is 8.09. The lowest BCUT2D eigenvalue weighted by Gasteiger charge is -1.84. The Bertz CT molecular complexity index is 345. The molecular weight excluding hydrogens is 206 g/mol. The molecule has 0 saturated carbocycles. The lowest BCUT2D eigenvalue weighted by molar-refractivity contribution is 1.23. The summed E-state index contributed by atoms with van der Waals surface area (Å²) in [6.07, 6.45) is 1.58. The Balaban J connectivity index is 2.97. The highest BCUT2D eigenvalue weighted by Crippen LogP contribution is 1.88. The van der Waals surface area contributed by atoms with Gasteiger partial charge in [-0.1, -0.05) is 27.8 Å². The van der Waals surface area contributed by atoms with E-state index < -0.39 is 0 Å². The zero-order chi connectivity index (χ0) is 8.10. The van der Waals surface area contributed by atoms with Crippen molar-refractivity contribution in [2.45, 2.75) is 0 Å². The Morgan fingerprint density at radius 3 is 3.09 bits per heavy atom. The van der Waals surface area contributed by atoms with Crippen LogP contribution in [0.4, 0.5) is 0 Å². The number of aromatic nitrogens is 1. The van der Waals surface area contributed by atoms with E-state index >= 15 is 0 Å². The monoisotopic (exact) mass is 211 g/mol. The van der Waals surface area contributed by atoms with Crippen LogP contribution in [0, 0.1) is 11.8 Å². The van der Waals surface area contributed by atoms with E-state index in [4.69, 9.17) is 0 Å². The van der Waals surface area contributed by atoms with Crippen LogP contribution >= 0.6 is 15.9 Å². The summed E-state index contributed by atoms with van der Waals surface area (Å²) in [5, 5.41) is 0.625. The second-order valence-corrected chi connectivity index (χ2v) is 2.44. The van der Waals surface area contributed by atoms with Gasteiger partial charge in [-0.25, -0.2) is 0 Å². The van der Waals surface area contributed by atoms with E-state index in [0.717, 1.165) is 5.56 Å². The topological polar surface area (TPSA) is 32.9 Å². The van der Waals surface area contributed by atoms with Crippen LogP contribution in [0.5, 0.6) is 0 Å². The number of aromatic amines is 1. The first-order valence-corrected chi connectivity index (χ1v) is 4.18. The Kier molecular flexibility index (Phi) is 2.94. The molecule has 1 N–H and O–H groups in total. The molecule has 0 atom stereocenters. The van der Waals surface area contributed by atoms with Crippen LogP contribution in [0.15, 0.2) is 23.1 Å². The van der Waals surface area contributed by atoms with Crippen molar-refractivity contribution in [3.8, 4) is 11.8 Å². The van der Waals surface area contributed by atoms with E-state index in [9.17, 15) is 4.79 Å². The number of alkyl halides is 1. The highest BCUT2D eigenvalue weighted by molar-refractivity contribution is 9.09. The summed E-state index contributed by atoms with van der Waals surface area (Å²) in [5.74, 6) is 5.62. The SMILES string of the molecule is O=c1cc(C#CCBr)cc[nH]1. The zero-order valence-electron chi connectivity index (χ0n) is 5.73. The molecule has 0 aromatic carbocycles. The summed E-state index contributed by atoms with van der Waals surface area (Å²) >= 11 is 3.17. The summed E-state index contributed by atoms with van der Waals surface area (Å²) in [4.78, 5) is 13.2. The normalized spacial score (nSPS) is 8.45. The number of rotatable bonds is 0. The molecule has 11 heavy (non-hydrogen) atoms. The van der Waals surface area contributed by atoms with Gasteiger partial charge in [-0.3, -0.25) is 4.79 Å². The molecule has 0 saturated heterocycles. The molecule has 0 fully saturated rings. The fraction of sp³-hybridized carbons (Fsp3) is 0.125. The van der Waals surface area contributed by atoms with Crippen molar-refractivity contribution in [1.82, 2.24) is 4.98 Å². The first-order chi connectivity index (χ1) is 5.33. The van der Waals surface area contributed by atoms with Gasteiger partial charge in [0.1, 0.15) is 0 Å².